The molecule has 1 unspecified atom stereocenters. The lowest BCUT2D eigenvalue weighted by Crippen LogP contribution is -2.00. The Morgan fingerprint density at radius 3 is 2.84 bits per heavy atom. The van der Waals surface area contributed by atoms with Crippen molar-refractivity contribution in [3.63, 3.8) is 0 Å². The minimum Gasteiger partial charge on any atom is -0.492 e. The molecule has 0 bridgehead atoms. The van der Waals surface area contributed by atoms with Crippen LogP contribution in [0.1, 0.15) is 29.7 Å². The molecule has 32 heavy (non-hydrogen) atoms. The number of aromatic nitrogens is 2. The van der Waals surface area contributed by atoms with Crippen LogP contribution in [0.3, 0.4) is 0 Å². The Balaban J connectivity index is 0.00000141. The third-order valence-electron chi connectivity index (χ3n) is 5.32. The van der Waals surface area contributed by atoms with Crippen LogP contribution in [0.4, 0.5) is 15.8 Å². The molecule has 3 heterocycles. The van der Waals surface area contributed by atoms with Gasteiger partial charge in [0, 0.05) is 30.3 Å². The zero-order valence-corrected chi connectivity index (χ0v) is 18.4. The molecule has 1 saturated heterocycles. The monoisotopic (exact) mass is 435 g/mol. The number of nitrogens with one attached hydrogen (secondary N) is 2. The molecule has 6 nitrogen and oxygen atoms in total. The Morgan fingerprint density at radius 2 is 2.12 bits per heavy atom. The van der Waals surface area contributed by atoms with Gasteiger partial charge in [-0.1, -0.05) is 17.9 Å². The smallest absolute Gasteiger partial charge is 0.177 e. The molecule has 1 aromatic carbocycles. The van der Waals surface area contributed by atoms with Crippen molar-refractivity contribution in [1.29, 1.82) is 0 Å². The van der Waals surface area contributed by atoms with Crippen molar-refractivity contribution in [3.8, 4) is 28.8 Å². The highest BCUT2D eigenvalue weighted by atomic mass is 19.1. The lowest BCUT2D eigenvalue weighted by atomic mass is 10.0. The summed E-state index contributed by atoms with van der Waals surface area (Å²) >= 11 is 0. The van der Waals surface area contributed by atoms with E-state index in [1.807, 2.05) is 26.7 Å². The number of carbonyl (C=O) groups excluding carboxylic acids is 1. The summed E-state index contributed by atoms with van der Waals surface area (Å²) in [7, 11) is 1.46. The lowest BCUT2D eigenvalue weighted by molar-refractivity contribution is -0.0979. The minimum atomic E-state index is -0.416. The van der Waals surface area contributed by atoms with Crippen molar-refractivity contribution >= 4 is 18.2 Å². The summed E-state index contributed by atoms with van der Waals surface area (Å²) < 4.78 is 25.1. The summed E-state index contributed by atoms with van der Waals surface area (Å²) in [5.74, 6) is 6.20. The van der Waals surface area contributed by atoms with Crippen LogP contribution in [0.5, 0.6) is 5.75 Å². The zero-order chi connectivity index (χ0) is 23.1. The minimum absolute atomic E-state index is 0.0284. The van der Waals surface area contributed by atoms with Crippen molar-refractivity contribution in [2.45, 2.75) is 32.8 Å². The van der Waals surface area contributed by atoms with Gasteiger partial charge in [0.2, 0.25) is 0 Å². The largest absolute Gasteiger partial charge is 0.492 e. The van der Waals surface area contributed by atoms with Gasteiger partial charge in [0.25, 0.3) is 0 Å². The van der Waals surface area contributed by atoms with Crippen LogP contribution >= 0.6 is 0 Å². The van der Waals surface area contributed by atoms with Crippen molar-refractivity contribution in [2.75, 3.05) is 19.0 Å². The highest BCUT2D eigenvalue weighted by Gasteiger charge is 2.19. The first kappa shape index (κ1) is 23.0. The molecule has 0 amide bonds. The maximum absolute atomic E-state index is 14.2. The van der Waals surface area contributed by atoms with E-state index in [2.05, 4.69) is 27.1 Å². The molecule has 166 valence electrons. The molecule has 2 aromatic heterocycles. The van der Waals surface area contributed by atoms with E-state index in [-0.39, 0.29) is 11.9 Å². The number of aromatic amines is 1. The van der Waals surface area contributed by atoms with Crippen molar-refractivity contribution < 1.29 is 18.7 Å². The number of nitrogens with zero attached hydrogens (tertiary/aromatic N) is 1. The van der Waals surface area contributed by atoms with Gasteiger partial charge in [-0.25, -0.2) is 4.39 Å². The van der Waals surface area contributed by atoms with Gasteiger partial charge in [-0.3, -0.25) is 4.98 Å². The number of rotatable bonds is 4. The predicted molar refractivity (Wildman–Crippen MR) is 123 cm³/mol. The molecular formula is C25H26FN3O3. The number of methoxy groups -OCH3 is 1. The summed E-state index contributed by atoms with van der Waals surface area (Å²) in [6.45, 7) is 6.78. The maximum atomic E-state index is 14.2. The first-order chi connectivity index (χ1) is 15.6. The average molecular weight is 435 g/mol. The Bertz CT molecular complexity index is 1140. The zero-order valence-electron chi connectivity index (χ0n) is 18.4. The second-order valence-electron chi connectivity index (χ2n) is 7.26. The fraction of sp³-hybridized carbons (Fsp3) is 0.280. The van der Waals surface area contributed by atoms with Crippen LogP contribution in [-0.2, 0) is 9.53 Å². The van der Waals surface area contributed by atoms with E-state index in [1.165, 1.54) is 13.2 Å². The Hall–Kier alpha value is -3.63. The number of aryl methyl sites for hydroxylation is 1. The number of carbonyl (C=O) groups is 1. The maximum Gasteiger partial charge on any atom is 0.177 e. The third kappa shape index (κ3) is 4.82. The molecule has 4 rings (SSSR count). The lowest BCUT2D eigenvalue weighted by Gasteiger charge is -2.14. The summed E-state index contributed by atoms with van der Waals surface area (Å²) in [5, 5.41) is 3.36. The fourth-order valence-electron chi connectivity index (χ4n) is 3.59. The molecule has 0 saturated carbocycles. The SMILES string of the molecule is C=O.COc1c(F)cccc1Nc1c(-c2ccncc2C#CC2CCCO2)[nH]c(C)c1C. The van der Waals surface area contributed by atoms with Crippen LogP contribution in [0.15, 0.2) is 36.7 Å². The fourth-order valence-corrected chi connectivity index (χ4v) is 3.59. The van der Waals surface area contributed by atoms with Gasteiger partial charge in [-0.05, 0) is 50.5 Å². The number of halogens is 1. The number of benzene rings is 1. The summed E-state index contributed by atoms with van der Waals surface area (Å²) in [6.07, 6.45) is 5.46. The normalized spacial score (nSPS) is 14.7. The van der Waals surface area contributed by atoms with Crippen LogP contribution in [0.2, 0.25) is 0 Å². The van der Waals surface area contributed by atoms with E-state index in [4.69, 9.17) is 14.3 Å². The molecule has 0 radical (unpaired) electrons. The van der Waals surface area contributed by atoms with Crippen molar-refractivity contribution in [3.05, 3.63) is 59.3 Å². The highest BCUT2D eigenvalue weighted by Crippen LogP contribution is 2.38. The van der Waals surface area contributed by atoms with Gasteiger partial charge < -0.3 is 24.6 Å². The second kappa shape index (κ2) is 10.6. The average Bonchev–Trinajstić information content (AvgIpc) is 3.43. The van der Waals surface area contributed by atoms with Crippen LogP contribution in [-0.4, -0.2) is 36.6 Å². The van der Waals surface area contributed by atoms with Gasteiger partial charge in [0.15, 0.2) is 11.6 Å². The Labute approximate surface area is 187 Å². The van der Waals surface area contributed by atoms with Crippen molar-refractivity contribution in [2.24, 2.45) is 0 Å². The Kier molecular flexibility index (Phi) is 7.63. The van der Waals surface area contributed by atoms with Gasteiger partial charge >= 0.3 is 0 Å². The van der Waals surface area contributed by atoms with E-state index in [0.717, 1.165) is 53.2 Å². The van der Waals surface area contributed by atoms with Gasteiger partial charge in [-0.2, -0.15) is 0 Å². The van der Waals surface area contributed by atoms with Crippen molar-refractivity contribution in [1.82, 2.24) is 9.97 Å². The molecule has 1 aliphatic heterocycles. The van der Waals surface area contributed by atoms with E-state index in [1.54, 1.807) is 24.5 Å². The number of anilines is 2. The number of ether oxygens (including phenoxy) is 2. The first-order valence-electron chi connectivity index (χ1n) is 10.2. The van der Waals surface area contributed by atoms with Gasteiger partial charge in [-0.15, -0.1) is 0 Å². The highest BCUT2D eigenvalue weighted by molar-refractivity contribution is 5.85. The van der Waals surface area contributed by atoms with Gasteiger partial charge in [0.1, 0.15) is 12.9 Å². The molecule has 7 heteroatoms. The first-order valence-corrected chi connectivity index (χ1v) is 10.2. The quantitative estimate of drug-likeness (QED) is 0.569. The number of H-pyrrole nitrogens is 1. The van der Waals surface area contributed by atoms with Crippen LogP contribution in [0, 0.1) is 31.5 Å². The third-order valence-corrected chi connectivity index (χ3v) is 5.32. The number of hydrogen-bond donors (Lipinski definition) is 2. The molecule has 2 N–H and O–H groups in total. The molecular weight excluding hydrogens is 409 g/mol. The molecule has 3 aromatic rings. The molecule has 1 atom stereocenters. The molecule has 0 aliphatic carbocycles. The molecule has 0 spiro atoms. The number of hydrogen-bond acceptors (Lipinski definition) is 5. The predicted octanol–water partition coefficient (Wildman–Crippen LogP) is 4.93. The number of pyridine rings is 1. The summed E-state index contributed by atoms with van der Waals surface area (Å²) in [6, 6.07) is 6.75. The van der Waals surface area contributed by atoms with Gasteiger partial charge in [0.05, 0.1) is 29.7 Å². The topological polar surface area (TPSA) is 76.2 Å². The Morgan fingerprint density at radius 1 is 1.31 bits per heavy atom. The summed E-state index contributed by atoms with van der Waals surface area (Å²) in [5.41, 5.74) is 6.05. The molecule has 1 fully saturated rings. The van der Waals surface area contributed by atoms with Crippen LogP contribution in [0.25, 0.3) is 11.3 Å². The van der Waals surface area contributed by atoms with E-state index in [9.17, 15) is 4.39 Å². The molecule has 1 aliphatic rings. The standard InChI is InChI=1S/C24H24FN3O2.CH2O/c1-15-16(2)27-23(22(15)28-21-8-4-7-20(25)24(21)29-3)19-11-12-26-14-17(19)9-10-18-6-5-13-30-18;1-2/h4,7-8,11-12,14,18,27-28H,5-6,13H2,1-3H3;1H2. The van der Waals surface area contributed by atoms with Crippen LogP contribution < -0.4 is 10.1 Å². The summed E-state index contributed by atoms with van der Waals surface area (Å²) in [4.78, 5) is 15.7. The second-order valence-corrected chi connectivity index (χ2v) is 7.26. The van der Waals surface area contributed by atoms with E-state index >= 15 is 0 Å². The number of para-hydroxylation sites is 1. The van der Waals surface area contributed by atoms with E-state index < -0.39 is 5.82 Å². The van der Waals surface area contributed by atoms with E-state index in [0.29, 0.717) is 5.69 Å².